The minimum absolute atomic E-state index is 0.0327. The summed E-state index contributed by atoms with van der Waals surface area (Å²) in [6.45, 7) is 8.11. The number of furan rings is 1. The van der Waals surface area contributed by atoms with Gasteiger partial charge in [0.2, 0.25) is 0 Å². The molecule has 0 saturated carbocycles. The molecule has 1 amide bonds. The molecule has 21 heavy (non-hydrogen) atoms. The van der Waals surface area contributed by atoms with E-state index in [4.69, 9.17) is 22.4 Å². The molecule has 0 radical (unpaired) electrons. The summed E-state index contributed by atoms with van der Waals surface area (Å²) in [4.78, 5) is 15.2. The van der Waals surface area contributed by atoms with Crippen molar-refractivity contribution < 1.29 is 9.21 Å². The van der Waals surface area contributed by atoms with Gasteiger partial charge in [0.1, 0.15) is 11.5 Å². The number of thiocarbonyl (C=S) groups is 1. The maximum atomic E-state index is 12.4. The fourth-order valence-electron chi connectivity index (χ4n) is 2.84. The zero-order valence-corrected chi connectivity index (χ0v) is 13.7. The number of hydrogen-bond donors (Lipinski definition) is 2. The van der Waals surface area contributed by atoms with Gasteiger partial charge in [0.05, 0.1) is 10.6 Å². The van der Waals surface area contributed by atoms with Crippen LogP contribution >= 0.6 is 12.2 Å². The molecule has 0 bridgehead atoms. The van der Waals surface area contributed by atoms with Crippen molar-refractivity contribution in [1.29, 1.82) is 0 Å². The molecule has 116 valence electrons. The quantitative estimate of drug-likeness (QED) is 0.828. The second-order valence-electron chi connectivity index (χ2n) is 5.70. The standard InChI is InChI=1S/C15H23N3O2S/c1-9-10(2)20-11(3)14(9)15(19)17-12-4-6-18(7-5-12)8-13(16)21/h12H,4-8H2,1-3H3,(H2,16,21)(H,17,19). The Bertz CT molecular complexity index is 545. The average molecular weight is 309 g/mol. The van der Waals surface area contributed by atoms with Gasteiger partial charge in [-0.15, -0.1) is 0 Å². The van der Waals surface area contributed by atoms with Crippen molar-refractivity contribution in [3.8, 4) is 0 Å². The Morgan fingerprint density at radius 1 is 1.33 bits per heavy atom. The highest BCUT2D eigenvalue weighted by molar-refractivity contribution is 7.80. The highest BCUT2D eigenvalue weighted by Crippen LogP contribution is 2.21. The molecular weight excluding hydrogens is 286 g/mol. The van der Waals surface area contributed by atoms with Gasteiger partial charge in [0.25, 0.3) is 5.91 Å². The monoisotopic (exact) mass is 309 g/mol. The van der Waals surface area contributed by atoms with Crippen LogP contribution in [0.1, 0.15) is 40.3 Å². The fraction of sp³-hybridized carbons (Fsp3) is 0.600. The third-order valence-corrected chi connectivity index (χ3v) is 4.22. The van der Waals surface area contributed by atoms with E-state index in [1.165, 1.54) is 0 Å². The van der Waals surface area contributed by atoms with Crippen molar-refractivity contribution in [2.75, 3.05) is 19.6 Å². The minimum Gasteiger partial charge on any atom is -0.466 e. The normalized spacial score (nSPS) is 16.9. The van der Waals surface area contributed by atoms with E-state index in [0.717, 1.165) is 37.3 Å². The van der Waals surface area contributed by atoms with E-state index in [1.807, 2.05) is 20.8 Å². The Morgan fingerprint density at radius 2 is 1.95 bits per heavy atom. The lowest BCUT2D eigenvalue weighted by molar-refractivity contribution is 0.0913. The van der Waals surface area contributed by atoms with Crippen LogP contribution in [0.5, 0.6) is 0 Å². The molecule has 2 heterocycles. The Morgan fingerprint density at radius 3 is 2.43 bits per heavy atom. The summed E-state index contributed by atoms with van der Waals surface area (Å²) >= 11 is 4.93. The first-order chi connectivity index (χ1) is 9.88. The number of hydrogen-bond acceptors (Lipinski definition) is 4. The van der Waals surface area contributed by atoms with Gasteiger partial charge in [-0.25, -0.2) is 0 Å². The topological polar surface area (TPSA) is 71.5 Å². The smallest absolute Gasteiger partial charge is 0.255 e. The summed E-state index contributed by atoms with van der Waals surface area (Å²) in [7, 11) is 0. The molecule has 5 nitrogen and oxygen atoms in total. The van der Waals surface area contributed by atoms with E-state index in [9.17, 15) is 4.79 Å². The molecule has 1 aromatic rings. The van der Waals surface area contributed by atoms with Gasteiger partial charge in [0, 0.05) is 31.2 Å². The molecule has 1 aliphatic heterocycles. The lowest BCUT2D eigenvalue weighted by Gasteiger charge is -2.31. The zero-order valence-electron chi connectivity index (χ0n) is 12.9. The van der Waals surface area contributed by atoms with E-state index in [-0.39, 0.29) is 11.9 Å². The number of likely N-dealkylation sites (tertiary alicyclic amines) is 1. The van der Waals surface area contributed by atoms with Crippen LogP contribution in [0.2, 0.25) is 0 Å². The van der Waals surface area contributed by atoms with Crippen molar-refractivity contribution in [2.45, 2.75) is 39.7 Å². The highest BCUT2D eigenvalue weighted by atomic mass is 32.1. The third-order valence-electron chi connectivity index (χ3n) is 4.09. The number of carbonyl (C=O) groups excluding carboxylic acids is 1. The van der Waals surface area contributed by atoms with Gasteiger partial charge in [0.15, 0.2) is 0 Å². The van der Waals surface area contributed by atoms with Crippen molar-refractivity contribution in [3.05, 3.63) is 22.6 Å². The maximum Gasteiger partial charge on any atom is 0.255 e. The molecule has 3 N–H and O–H groups in total. The van der Waals surface area contributed by atoms with Crippen LogP contribution in [-0.4, -0.2) is 41.5 Å². The number of nitrogens with zero attached hydrogens (tertiary/aromatic N) is 1. The predicted octanol–water partition coefficient (Wildman–Crippen LogP) is 1.69. The van der Waals surface area contributed by atoms with Crippen LogP contribution < -0.4 is 11.1 Å². The number of aryl methyl sites for hydroxylation is 2. The zero-order chi connectivity index (χ0) is 15.6. The van der Waals surface area contributed by atoms with Crippen LogP contribution in [-0.2, 0) is 0 Å². The third kappa shape index (κ3) is 3.83. The molecule has 0 atom stereocenters. The van der Waals surface area contributed by atoms with Crippen molar-refractivity contribution >= 4 is 23.1 Å². The van der Waals surface area contributed by atoms with Crippen LogP contribution in [0.25, 0.3) is 0 Å². The van der Waals surface area contributed by atoms with E-state index < -0.39 is 0 Å². The lowest BCUT2D eigenvalue weighted by Crippen LogP contribution is -2.46. The van der Waals surface area contributed by atoms with Gasteiger partial charge < -0.3 is 15.5 Å². The van der Waals surface area contributed by atoms with Crippen LogP contribution in [0.4, 0.5) is 0 Å². The van der Waals surface area contributed by atoms with Gasteiger partial charge in [-0.05, 0) is 33.6 Å². The van der Waals surface area contributed by atoms with Crippen LogP contribution in [0.3, 0.4) is 0 Å². The van der Waals surface area contributed by atoms with Crippen molar-refractivity contribution in [2.24, 2.45) is 5.73 Å². The summed E-state index contributed by atoms with van der Waals surface area (Å²) < 4.78 is 5.52. The van der Waals surface area contributed by atoms with Gasteiger partial charge in [-0.2, -0.15) is 0 Å². The maximum absolute atomic E-state index is 12.4. The summed E-state index contributed by atoms with van der Waals surface area (Å²) in [6, 6.07) is 0.203. The first kappa shape index (κ1) is 16.0. The van der Waals surface area contributed by atoms with E-state index in [0.29, 0.717) is 22.9 Å². The second kappa shape index (κ2) is 6.58. The number of carbonyl (C=O) groups is 1. The molecule has 1 saturated heterocycles. The number of nitrogens with one attached hydrogen (secondary N) is 1. The molecule has 1 aromatic heterocycles. The van der Waals surface area contributed by atoms with Gasteiger partial charge >= 0.3 is 0 Å². The summed E-state index contributed by atoms with van der Waals surface area (Å²) in [5.41, 5.74) is 7.17. The summed E-state index contributed by atoms with van der Waals surface area (Å²) in [5.74, 6) is 1.46. The Balaban J connectivity index is 1.91. The summed E-state index contributed by atoms with van der Waals surface area (Å²) in [5, 5.41) is 3.11. The second-order valence-corrected chi connectivity index (χ2v) is 6.23. The molecule has 0 aliphatic carbocycles. The molecule has 1 fully saturated rings. The SMILES string of the molecule is Cc1oc(C)c(C(=O)NC2CCN(CC(N)=S)CC2)c1C. The first-order valence-electron chi connectivity index (χ1n) is 7.26. The molecular formula is C15H23N3O2S. The number of piperidine rings is 1. The lowest BCUT2D eigenvalue weighted by atomic mass is 10.0. The number of nitrogens with two attached hydrogens (primary N) is 1. The fourth-order valence-corrected chi connectivity index (χ4v) is 3.02. The molecule has 0 unspecified atom stereocenters. The molecule has 0 spiro atoms. The predicted molar refractivity (Wildman–Crippen MR) is 86.6 cm³/mol. The number of amides is 1. The minimum atomic E-state index is -0.0327. The van der Waals surface area contributed by atoms with Crippen molar-refractivity contribution in [1.82, 2.24) is 10.2 Å². The Labute approximate surface area is 130 Å². The Hall–Kier alpha value is -1.40. The van der Waals surface area contributed by atoms with E-state index in [1.54, 1.807) is 0 Å². The van der Waals surface area contributed by atoms with Crippen molar-refractivity contribution in [3.63, 3.8) is 0 Å². The Kier molecular flexibility index (Phi) is 5.00. The summed E-state index contributed by atoms with van der Waals surface area (Å²) in [6.07, 6.45) is 1.84. The van der Waals surface area contributed by atoms with E-state index >= 15 is 0 Å². The molecule has 1 aliphatic rings. The van der Waals surface area contributed by atoms with Gasteiger partial charge in [-0.1, -0.05) is 12.2 Å². The first-order valence-corrected chi connectivity index (χ1v) is 7.67. The highest BCUT2D eigenvalue weighted by Gasteiger charge is 2.24. The van der Waals surface area contributed by atoms with Crippen LogP contribution in [0.15, 0.2) is 4.42 Å². The molecule has 6 heteroatoms. The van der Waals surface area contributed by atoms with E-state index in [2.05, 4.69) is 10.2 Å². The van der Waals surface area contributed by atoms with Crippen LogP contribution in [0, 0.1) is 20.8 Å². The molecule has 0 aromatic carbocycles. The average Bonchev–Trinajstić information content (AvgIpc) is 2.65. The molecule has 2 rings (SSSR count). The number of rotatable bonds is 4. The largest absolute Gasteiger partial charge is 0.466 e. The van der Waals surface area contributed by atoms with Gasteiger partial charge in [-0.3, -0.25) is 9.69 Å².